The molecule has 0 aromatic rings. The van der Waals surface area contributed by atoms with E-state index >= 15 is 0 Å². The Morgan fingerprint density at radius 1 is 0.810 bits per heavy atom. The lowest BCUT2D eigenvalue weighted by Crippen LogP contribution is -1.83. The van der Waals surface area contributed by atoms with Crippen LogP contribution in [0.1, 0.15) is 79.9 Å². The van der Waals surface area contributed by atoms with Crippen LogP contribution in [0.25, 0.3) is 0 Å². The Morgan fingerprint density at radius 2 is 1.29 bits per heavy atom. The number of hydrogen-bond donors (Lipinski definition) is 1. The molecular formula is C20H34O. The van der Waals surface area contributed by atoms with Crippen molar-refractivity contribution in [2.75, 3.05) is 6.56 Å². The molecule has 0 bridgehead atoms. The van der Waals surface area contributed by atoms with Gasteiger partial charge in [0, 0.05) is 4.11 Å². The zero-order chi connectivity index (χ0) is 20.4. The van der Waals surface area contributed by atoms with E-state index in [0.29, 0.717) is 6.42 Å². The quantitative estimate of drug-likeness (QED) is 0.481. The minimum atomic E-state index is -2.60. The van der Waals surface area contributed by atoms with Crippen LogP contribution in [-0.4, -0.2) is 11.7 Å². The van der Waals surface area contributed by atoms with Crippen LogP contribution in [0.4, 0.5) is 0 Å². The SMILES string of the molecule is [2H]C([2H])(O)/C=C(/CC/C=C(\C)CC/C=C(\C)CCC=C(C)C)C([2H])([2H])[2H]. The fourth-order valence-corrected chi connectivity index (χ4v) is 1.96. The summed E-state index contributed by atoms with van der Waals surface area (Å²) in [6, 6.07) is 0. The topological polar surface area (TPSA) is 20.2 Å². The van der Waals surface area contributed by atoms with Crippen molar-refractivity contribution in [3.63, 3.8) is 0 Å². The lowest BCUT2D eigenvalue weighted by atomic mass is 10.0. The van der Waals surface area contributed by atoms with E-state index in [1.165, 1.54) is 16.7 Å². The zero-order valence-electron chi connectivity index (χ0n) is 19.0. The van der Waals surface area contributed by atoms with Crippen LogP contribution in [0.2, 0.25) is 0 Å². The first-order valence-corrected chi connectivity index (χ1v) is 7.70. The molecule has 120 valence electrons. The molecule has 0 fully saturated rings. The highest BCUT2D eigenvalue weighted by Gasteiger charge is 1.93. The van der Waals surface area contributed by atoms with Gasteiger partial charge in [0.05, 0.1) is 9.30 Å². The monoisotopic (exact) mass is 295 g/mol. The van der Waals surface area contributed by atoms with Crippen LogP contribution in [-0.2, 0) is 0 Å². The third-order valence-corrected chi connectivity index (χ3v) is 3.27. The second-order valence-corrected chi connectivity index (χ2v) is 5.80. The first-order valence-electron chi connectivity index (χ1n) is 10.2. The molecule has 21 heavy (non-hydrogen) atoms. The predicted octanol–water partition coefficient (Wildman–Crippen LogP) is 6.12. The van der Waals surface area contributed by atoms with Gasteiger partial charge in [-0.15, -0.1) is 0 Å². The molecule has 0 unspecified atom stereocenters. The number of aliphatic hydroxyl groups is 1. The molecule has 0 aliphatic heterocycles. The van der Waals surface area contributed by atoms with Gasteiger partial charge in [0.1, 0.15) is 0 Å². The van der Waals surface area contributed by atoms with E-state index in [-0.39, 0.29) is 12.0 Å². The summed E-state index contributed by atoms with van der Waals surface area (Å²) < 4.78 is 36.6. The van der Waals surface area contributed by atoms with Gasteiger partial charge in [0.2, 0.25) is 0 Å². The normalized spacial score (nSPS) is 18.3. The summed E-state index contributed by atoms with van der Waals surface area (Å²) in [5.74, 6) is 0. The molecule has 0 aliphatic carbocycles. The molecule has 0 atom stereocenters. The van der Waals surface area contributed by atoms with Crippen molar-refractivity contribution in [3.05, 3.63) is 46.6 Å². The van der Waals surface area contributed by atoms with E-state index in [0.717, 1.165) is 31.8 Å². The fourth-order valence-electron chi connectivity index (χ4n) is 1.96. The van der Waals surface area contributed by atoms with Gasteiger partial charge >= 0.3 is 0 Å². The van der Waals surface area contributed by atoms with Crippen molar-refractivity contribution in [1.29, 1.82) is 0 Å². The van der Waals surface area contributed by atoms with E-state index in [9.17, 15) is 5.11 Å². The maximum absolute atomic E-state index is 9.20. The molecule has 0 saturated heterocycles. The van der Waals surface area contributed by atoms with Crippen molar-refractivity contribution < 1.29 is 12.0 Å². The molecule has 0 rings (SSSR count). The first kappa shape index (κ1) is 12.5. The molecule has 0 amide bonds. The summed E-state index contributed by atoms with van der Waals surface area (Å²) in [7, 11) is 0. The second-order valence-electron chi connectivity index (χ2n) is 5.80. The van der Waals surface area contributed by atoms with Gasteiger partial charge in [-0.25, -0.2) is 0 Å². The summed E-state index contributed by atoms with van der Waals surface area (Å²) in [6.45, 7) is 3.40. The molecular weight excluding hydrogens is 256 g/mol. The average Bonchev–Trinajstić information content (AvgIpc) is 2.43. The lowest BCUT2D eigenvalue weighted by molar-refractivity contribution is 0.341. The van der Waals surface area contributed by atoms with Crippen LogP contribution in [0, 0.1) is 0 Å². The van der Waals surface area contributed by atoms with E-state index in [1.807, 2.05) is 13.0 Å². The van der Waals surface area contributed by atoms with Gasteiger partial charge in [0.15, 0.2) is 0 Å². The smallest absolute Gasteiger partial charge is 0.0614 e. The van der Waals surface area contributed by atoms with Crippen molar-refractivity contribution in [2.45, 2.75) is 73.1 Å². The van der Waals surface area contributed by atoms with E-state index < -0.39 is 13.4 Å². The van der Waals surface area contributed by atoms with Crippen molar-refractivity contribution in [3.8, 4) is 0 Å². The summed E-state index contributed by atoms with van der Waals surface area (Å²) in [6.07, 6.45) is 12.1. The van der Waals surface area contributed by atoms with E-state index in [2.05, 4.69) is 32.9 Å². The van der Waals surface area contributed by atoms with Gasteiger partial charge in [-0.2, -0.15) is 0 Å². The third-order valence-electron chi connectivity index (χ3n) is 3.27. The molecule has 0 saturated carbocycles. The second kappa shape index (κ2) is 12.6. The summed E-state index contributed by atoms with van der Waals surface area (Å²) in [5.41, 5.74) is 3.88. The van der Waals surface area contributed by atoms with Crippen molar-refractivity contribution in [1.82, 2.24) is 0 Å². The van der Waals surface area contributed by atoms with Gasteiger partial charge in [-0.3, -0.25) is 0 Å². The zero-order valence-corrected chi connectivity index (χ0v) is 14.0. The largest absolute Gasteiger partial charge is 0.392 e. The standard InChI is InChI=1S/C20H34O/c1-17(2)9-6-10-18(3)11-7-12-19(4)13-8-14-20(5)15-16-21/h9,11,13,15,21H,6-8,10,12,14,16H2,1-5H3/b18-11+,19-13+,20-15+/i5D3,16D2. The van der Waals surface area contributed by atoms with Crippen LogP contribution in [0.3, 0.4) is 0 Å². The van der Waals surface area contributed by atoms with Crippen LogP contribution in [0.5, 0.6) is 0 Å². The Morgan fingerprint density at radius 3 is 1.71 bits per heavy atom. The molecule has 0 spiro atoms. The molecule has 0 aromatic carbocycles. The predicted molar refractivity (Wildman–Crippen MR) is 95.5 cm³/mol. The van der Waals surface area contributed by atoms with Gasteiger partial charge in [-0.1, -0.05) is 46.6 Å². The number of allylic oxidation sites excluding steroid dienone is 7. The van der Waals surface area contributed by atoms with Gasteiger partial charge in [-0.05, 0) is 73.1 Å². The third kappa shape index (κ3) is 13.7. The molecule has 0 radical (unpaired) electrons. The average molecular weight is 296 g/mol. The maximum atomic E-state index is 9.20. The highest BCUT2D eigenvalue weighted by Crippen LogP contribution is 2.13. The Kier molecular flexibility index (Phi) is 7.50. The minimum Gasteiger partial charge on any atom is -0.392 e. The Bertz CT molecular complexity index is 542. The highest BCUT2D eigenvalue weighted by atomic mass is 16.2. The summed E-state index contributed by atoms with van der Waals surface area (Å²) in [4.78, 5) is 0. The van der Waals surface area contributed by atoms with Gasteiger partial charge < -0.3 is 5.11 Å². The highest BCUT2D eigenvalue weighted by molar-refractivity contribution is 5.07. The molecule has 1 heteroatoms. The summed E-state index contributed by atoms with van der Waals surface area (Å²) in [5, 5.41) is 9.20. The molecule has 0 aromatic heterocycles. The number of hydrogen-bond acceptors (Lipinski definition) is 1. The molecule has 0 heterocycles. The Labute approximate surface area is 139 Å². The Hall–Kier alpha value is -1.08. The Balaban J connectivity index is 4.48. The van der Waals surface area contributed by atoms with Gasteiger partial charge in [0.25, 0.3) is 0 Å². The molecule has 1 nitrogen and oxygen atoms in total. The minimum absolute atomic E-state index is 0.0379. The van der Waals surface area contributed by atoms with E-state index in [4.69, 9.17) is 6.85 Å². The molecule has 1 N–H and O–H groups in total. The first-order chi connectivity index (χ1) is 11.8. The fraction of sp³-hybridized carbons (Fsp3) is 0.600. The summed E-state index contributed by atoms with van der Waals surface area (Å²) >= 11 is 0. The van der Waals surface area contributed by atoms with Crippen molar-refractivity contribution >= 4 is 0 Å². The van der Waals surface area contributed by atoms with Crippen LogP contribution >= 0.6 is 0 Å². The number of rotatable bonds is 10. The van der Waals surface area contributed by atoms with E-state index in [1.54, 1.807) is 0 Å². The van der Waals surface area contributed by atoms with Crippen LogP contribution in [0.15, 0.2) is 46.6 Å². The van der Waals surface area contributed by atoms with Crippen molar-refractivity contribution in [2.24, 2.45) is 0 Å². The van der Waals surface area contributed by atoms with Crippen LogP contribution < -0.4 is 0 Å². The maximum Gasteiger partial charge on any atom is 0.0614 e. The lowest BCUT2D eigenvalue weighted by Gasteiger charge is -2.02. The molecule has 0 aliphatic rings.